The molecule has 3 aromatic rings. The normalized spacial score (nSPS) is 13.3. The van der Waals surface area contributed by atoms with Gasteiger partial charge in [-0.25, -0.2) is 24.0 Å². The number of carbonyl (C=O) groups excluding carboxylic acids is 3. The molecular weight excluding hydrogens is 1280 g/mol. The van der Waals surface area contributed by atoms with Crippen LogP contribution in [0.3, 0.4) is 0 Å². The van der Waals surface area contributed by atoms with Crippen molar-refractivity contribution in [2.45, 2.75) is 308 Å². The Balaban J connectivity index is 0.000000391. The van der Waals surface area contributed by atoms with Crippen molar-refractivity contribution < 1.29 is 92.3 Å². The van der Waals surface area contributed by atoms with E-state index in [9.17, 15) is 48.6 Å². The van der Waals surface area contributed by atoms with E-state index >= 15 is 0 Å². The van der Waals surface area contributed by atoms with Crippen LogP contribution >= 0.6 is 0 Å². The summed E-state index contributed by atoms with van der Waals surface area (Å²) in [5.74, 6) is -3.57. The maximum absolute atomic E-state index is 12.5. The molecule has 0 saturated carbocycles. The summed E-state index contributed by atoms with van der Waals surface area (Å²) in [6, 6.07) is 16.2. The average molecular weight is 1400 g/mol. The van der Waals surface area contributed by atoms with Crippen LogP contribution in [0.1, 0.15) is 311 Å². The van der Waals surface area contributed by atoms with E-state index in [1.807, 2.05) is 60.7 Å². The van der Waals surface area contributed by atoms with Crippen LogP contribution < -0.4 is 30.2 Å². The first-order valence-corrected chi connectivity index (χ1v) is 37.5. The van der Waals surface area contributed by atoms with Gasteiger partial charge in [-0.05, 0) is 116 Å². The van der Waals surface area contributed by atoms with Crippen molar-refractivity contribution in [3.05, 3.63) is 88.5 Å². The van der Waals surface area contributed by atoms with Gasteiger partial charge in [0.25, 0.3) is 0 Å². The molecule has 2 aliphatic heterocycles. The topological polar surface area (TPSA) is 329 Å². The summed E-state index contributed by atoms with van der Waals surface area (Å²) in [4.78, 5) is 92.1. The Morgan fingerprint density at radius 1 is 0.400 bits per heavy atom. The molecule has 0 aromatic heterocycles. The van der Waals surface area contributed by atoms with Crippen LogP contribution in [0.4, 0.5) is 14.4 Å². The monoisotopic (exact) mass is 1400 g/mol. The number of aliphatic carboxylic acids is 5. The van der Waals surface area contributed by atoms with Crippen molar-refractivity contribution in [1.29, 1.82) is 0 Å². The molecule has 5 atom stereocenters. The Morgan fingerprint density at radius 2 is 0.750 bits per heavy atom. The zero-order valence-electron chi connectivity index (χ0n) is 60.5. The van der Waals surface area contributed by atoms with Gasteiger partial charge >= 0.3 is 48.1 Å². The van der Waals surface area contributed by atoms with Gasteiger partial charge in [0.05, 0.1) is 26.7 Å². The number of carbonyl (C=O) groups is 8. The van der Waals surface area contributed by atoms with E-state index in [1.165, 1.54) is 141 Å². The van der Waals surface area contributed by atoms with Crippen molar-refractivity contribution in [1.82, 2.24) is 16.0 Å². The molecule has 5 unspecified atom stereocenters. The van der Waals surface area contributed by atoms with E-state index in [1.54, 1.807) is 7.11 Å². The number of hydrogen-bond acceptors (Lipinski definition) is 14. The average Bonchev–Trinajstić information content (AvgIpc) is 1.64. The molecule has 100 heavy (non-hydrogen) atoms. The molecule has 0 bridgehead atoms. The highest BCUT2D eigenvalue weighted by molar-refractivity contribution is 5.84. The fourth-order valence-corrected chi connectivity index (χ4v) is 12.1. The van der Waals surface area contributed by atoms with Crippen LogP contribution in [-0.4, -0.2) is 113 Å². The SMILES string of the molecule is CCCCCCCCCCCCC(OC(=O)NC(CC(=O)O)C(=O)O)c1ccc2c(c1)CCO2.CCCCCCCCCCCCC(OC(=O)NC(CCC(=O)O)C(=O)O)c1ccc2c(c1)CCO2.CCCCCCCCCCCCC(OC(=O)NCCCC(=O)O)c1ccc(OC)cc1. The summed E-state index contributed by atoms with van der Waals surface area (Å²) in [6.07, 6.45) is 35.7. The second-order valence-corrected chi connectivity index (χ2v) is 26.3. The lowest BCUT2D eigenvalue weighted by Gasteiger charge is -2.21. The van der Waals surface area contributed by atoms with Gasteiger partial charge in [0, 0.05) is 32.2 Å². The molecule has 22 nitrogen and oxygen atoms in total. The molecule has 0 aliphatic carbocycles. The van der Waals surface area contributed by atoms with Crippen LogP contribution in [-0.2, 0) is 51.0 Å². The second-order valence-electron chi connectivity index (χ2n) is 26.3. The minimum absolute atomic E-state index is 0.0286. The molecule has 3 aromatic carbocycles. The van der Waals surface area contributed by atoms with Crippen molar-refractivity contribution >= 4 is 48.1 Å². The number of benzene rings is 3. The lowest BCUT2D eigenvalue weighted by Crippen LogP contribution is -2.42. The molecule has 562 valence electrons. The number of rotatable bonds is 53. The maximum atomic E-state index is 12.5. The molecule has 2 heterocycles. The van der Waals surface area contributed by atoms with Gasteiger partial charge in [-0.1, -0.05) is 218 Å². The summed E-state index contributed by atoms with van der Waals surface area (Å²) in [5, 5.41) is 52.0. The number of alkyl carbamates (subject to hydrolysis) is 3. The Hall–Kier alpha value is -7.78. The molecule has 0 spiro atoms. The zero-order chi connectivity index (χ0) is 73.0. The number of hydrogen-bond donors (Lipinski definition) is 8. The van der Waals surface area contributed by atoms with Crippen molar-refractivity contribution in [2.75, 3.05) is 26.9 Å². The summed E-state index contributed by atoms with van der Waals surface area (Å²) in [6.45, 7) is 8.23. The van der Waals surface area contributed by atoms with Gasteiger partial charge in [-0.3, -0.25) is 14.4 Å². The van der Waals surface area contributed by atoms with Gasteiger partial charge in [-0.2, -0.15) is 0 Å². The number of fused-ring (bicyclic) bond motifs is 2. The summed E-state index contributed by atoms with van der Waals surface area (Å²) in [5.41, 5.74) is 4.77. The Bertz CT molecular complexity index is 2800. The number of unbranched alkanes of at least 4 members (excludes halogenated alkanes) is 27. The zero-order valence-corrected chi connectivity index (χ0v) is 60.5. The van der Waals surface area contributed by atoms with Gasteiger partial charge in [0.2, 0.25) is 0 Å². The maximum Gasteiger partial charge on any atom is 0.408 e. The smallest absolute Gasteiger partial charge is 0.408 e. The molecule has 0 saturated heterocycles. The van der Waals surface area contributed by atoms with Crippen LogP contribution in [0, 0.1) is 0 Å². The van der Waals surface area contributed by atoms with Gasteiger partial charge < -0.3 is 69.9 Å². The Kier molecular flexibility index (Phi) is 46.7. The highest BCUT2D eigenvalue weighted by Crippen LogP contribution is 2.34. The number of ether oxygens (including phenoxy) is 6. The highest BCUT2D eigenvalue weighted by Gasteiger charge is 2.28. The van der Waals surface area contributed by atoms with E-state index in [0.29, 0.717) is 39.0 Å². The van der Waals surface area contributed by atoms with Crippen molar-refractivity contribution in [3.8, 4) is 17.2 Å². The van der Waals surface area contributed by atoms with E-state index < -0.39 is 78.8 Å². The van der Waals surface area contributed by atoms with E-state index in [2.05, 4.69) is 36.7 Å². The third kappa shape index (κ3) is 39.9. The van der Waals surface area contributed by atoms with Crippen LogP contribution in [0.2, 0.25) is 0 Å². The Morgan fingerprint density at radius 3 is 1.11 bits per heavy atom. The first kappa shape index (κ1) is 86.4. The third-order valence-corrected chi connectivity index (χ3v) is 17.9. The van der Waals surface area contributed by atoms with Crippen molar-refractivity contribution in [3.63, 3.8) is 0 Å². The summed E-state index contributed by atoms with van der Waals surface area (Å²) >= 11 is 0. The summed E-state index contributed by atoms with van der Waals surface area (Å²) < 4.78 is 33.3. The fraction of sp³-hybridized carbons (Fsp3) is 0.667. The third-order valence-electron chi connectivity index (χ3n) is 17.9. The van der Waals surface area contributed by atoms with Crippen LogP contribution in [0.15, 0.2) is 60.7 Å². The van der Waals surface area contributed by atoms with Gasteiger partial charge in [-0.15, -0.1) is 0 Å². The highest BCUT2D eigenvalue weighted by atomic mass is 16.6. The number of carboxylic acid groups (broad SMARTS) is 5. The fourth-order valence-electron chi connectivity index (χ4n) is 12.1. The summed E-state index contributed by atoms with van der Waals surface area (Å²) in [7, 11) is 1.62. The molecule has 5 rings (SSSR count). The van der Waals surface area contributed by atoms with Crippen molar-refractivity contribution in [2.24, 2.45) is 0 Å². The first-order chi connectivity index (χ1) is 48.4. The predicted octanol–water partition coefficient (Wildman–Crippen LogP) is 18.3. The number of carboxylic acids is 5. The van der Waals surface area contributed by atoms with Crippen LogP contribution in [0.5, 0.6) is 17.2 Å². The molecule has 8 N–H and O–H groups in total. The van der Waals surface area contributed by atoms with Gasteiger partial charge in [0.1, 0.15) is 47.6 Å². The minimum Gasteiger partial charge on any atom is -0.497 e. The van der Waals surface area contributed by atoms with Crippen LogP contribution in [0.25, 0.3) is 0 Å². The van der Waals surface area contributed by atoms with E-state index in [-0.39, 0.29) is 25.4 Å². The quantitative estimate of drug-likeness (QED) is 0.0192. The minimum atomic E-state index is -1.55. The molecule has 0 fully saturated rings. The second kappa shape index (κ2) is 54.0. The Labute approximate surface area is 594 Å². The first-order valence-electron chi connectivity index (χ1n) is 37.5. The molecule has 22 heteroatoms. The number of nitrogens with one attached hydrogen (secondary N) is 3. The van der Waals surface area contributed by atoms with Gasteiger partial charge in [0.15, 0.2) is 0 Å². The molecular formula is C78H121N3O19. The number of amides is 3. The number of methoxy groups -OCH3 is 1. The predicted molar refractivity (Wildman–Crippen MR) is 384 cm³/mol. The molecule has 2 aliphatic rings. The largest absolute Gasteiger partial charge is 0.497 e. The lowest BCUT2D eigenvalue weighted by atomic mass is 9.99. The molecule has 3 amide bonds. The standard InChI is InChI=1S/C27H41NO7.C26H39NO7.C25H41NO5/c1-2-3-4-5-6-7-8-9-10-11-12-24(20-13-15-23-21(19-20)17-18-34-23)35-27(33)28-22(26(31)32)14-16-25(29)30;1-2-3-4-5-6-7-8-9-10-11-12-23(19-13-14-22-20(17-19)15-16-33-22)34-26(32)27-21(25(30)31)18-24(28)29;1-3-4-5-6-7-8-9-10-11-12-14-23(21-16-18-22(30-2)19-17-21)31-25(29)26-20-13-15-24(27)28/h13,15,19,22,24H,2-12,14,16-18H2,1H3,(H,28,33)(H,29,30)(H,31,32);13-14,17,21,23H,2-12,15-16,18H2,1H3,(H,27,32)(H,28,29)(H,30,31);16-19,23H,3-15,20H2,1-2H3,(H,26,29)(H,27,28). The van der Waals surface area contributed by atoms with E-state index in [4.69, 9.17) is 43.7 Å². The lowest BCUT2D eigenvalue weighted by molar-refractivity contribution is -0.145. The molecule has 0 radical (unpaired) electrons. The van der Waals surface area contributed by atoms with E-state index in [0.717, 1.165) is 116 Å².